The van der Waals surface area contributed by atoms with E-state index in [2.05, 4.69) is 26.9 Å². The number of aromatic nitrogens is 3. The molecular formula is C12H15N5. The van der Waals surface area contributed by atoms with Crippen LogP contribution >= 0.6 is 0 Å². The Hall–Kier alpha value is -1.75. The standard InChI is InChI=1S/C12H15N5/c1-7-15-11(13)10-9-3-4-17(2)6-8(9)5-14-12(10)16-7/h5H,3-4,6H2,1-2H3,(H2,13,14,15,16). The Labute approximate surface area is 99.7 Å². The average Bonchev–Trinajstić information content (AvgIpc) is 2.28. The number of pyridine rings is 1. The molecule has 2 aromatic rings. The van der Waals surface area contributed by atoms with Gasteiger partial charge in [-0.1, -0.05) is 0 Å². The Balaban J connectivity index is 2.31. The van der Waals surface area contributed by atoms with E-state index in [1.165, 1.54) is 11.1 Å². The Kier molecular flexibility index (Phi) is 2.22. The number of hydrogen-bond acceptors (Lipinski definition) is 5. The Morgan fingerprint density at radius 3 is 3.00 bits per heavy atom. The predicted molar refractivity (Wildman–Crippen MR) is 66.5 cm³/mol. The summed E-state index contributed by atoms with van der Waals surface area (Å²) in [5.74, 6) is 1.23. The summed E-state index contributed by atoms with van der Waals surface area (Å²) in [6, 6.07) is 0. The largest absolute Gasteiger partial charge is 0.383 e. The van der Waals surface area contributed by atoms with E-state index in [4.69, 9.17) is 5.73 Å². The van der Waals surface area contributed by atoms with E-state index in [1.807, 2.05) is 13.1 Å². The molecule has 17 heavy (non-hydrogen) atoms. The number of aryl methyl sites for hydroxylation is 1. The summed E-state index contributed by atoms with van der Waals surface area (Å²) in [6.07, 6.45) is 2.90. The number of rotatable bonds is 0. The number of nitrogens with two attached hydrogens (primary N) is 1. The van der Waals surface area contributed by atoms with Crippen molar-refractivity contribution < 1.29 is 0 Å². The minimum absolute atomic E-state index is 0.557. The maximum atomic E-state index is 6.01. The van der Waals surface area contributed by atoms with Gasteiger partial charge < -0.3 is 10.6 Å². The lowest BCUT2D eigenvalue weighted by Gasteiger charge is -2.25. The lowest BCUT2D eigenvalue weighted by molar-refractivity contribution is 0.313. The number of fused-ring (bicyclic) bond motifs is 3. The summed E-state index contributed by atoms with van der Waals surface area (Å²) in [6.45, 7) is 3.80. The smallest absolute Gasteiger partial charge is 0.165 e. The lowest BCUT2D eigenvalue weighted by atomic mass is 9.99. The second kappa shape index (κ2) is 3.63. The summed E-state index contributed by atoms with van der Waals surface area (Å²) in [4.78, 5) is 15.3. The molecule has 5 heteroatoms. The van der Waals surface area contributed by atoms with Crippen LogP contribution in [0.5, 0.6) is 0 Å². The molecule has 0 saturated carbocycles. The van der Waals surface area contributed by atoms with E-state index in [-0.39, 0.29) is 0 Å². The minimum Gasteiger partial charge on any atom is -0.383 e. The molecule has 2 aromatic heterocycles. The van der Waals surface area contributed by atoms with Gasteiger partial charge in [0.1, 0.15) is 11.6 Å². The molecule has 0 spiro atoms. The quantitative estimate of drug-likeness (QED) is 0.727. The molecule has 0 amide bonds. The SMILES string of the molecule is Cc1nc(N)c2c3c(cnc2n1)CN(C)CC3. The van der Waals surface area contributed by atoms with Gasteiger partial charge in [0, 0.05) is 19.3 Å². The Morgan fingerprint density at radius 1 is 1.35 bits per heavy atom. The van der Waals surface area contributed by atoms with Crippen molar-refractivity contribution in [1.29, 1.82) is 0 Å². The van der Waals surface area contributed by atoms with Crippen LogP contribution in [0.25, 0.3) is 11.0 Å². The Bertz CT molecular complexity index is 593. The summed E-state index contributed by atoms with van der Waals surface area (Å²) >= 11 is 0. The molecule has 3 heterocycles. The summed E-state index contributed by atoms with van der Waals surface area (Å²) in [5, 5.41) is 0.946. The van der Waals surface area contributed by atoms with Crippen molar-refractivity contribution in [3.8, 4) is 0 Å². The predicted octanol–water partition coefficient (Wildman–Crippen LogP) is 0.903. The van der Waals surface area contributed by atoms with Crippen LogP contribution in [0.1, 0.15) is 17.0 Å². The molecule has 0 saturated heterocycles. The molecular weight excluding hydrogens is 214 g/mol. The maximum Gasteiger partial charge on any atom is 0.165 e. The van der Waals surface area contributed by atoms with Crippen LogP contribution in [0.3, 0.4) is 0 Å². The maximum absolute atomic E-state index is 6.01. The molecule has 0 unspecified atom stereocenters. The van der Waals surface area contributed by atoms with Crippen LogP contribution in [-0.2, 0) is 13.0 Å². The fourth-order valence-corrected chi connectivity index (χ4v) is 2.43. The molecule has 1 aliphatic heterocycles. The number of anilines is 1. The van der Waals surface area contributed by atoms with Crippen LogP contribution in [0.2, 0.25) is 0 Å². The van der Waals surface area contributed by atoms with Crippen molar-refractivity contribution in [2.24, 2.45) is 0 Å². The molecule has 88 valence electrons. The highest BCUT2D eigenvalue weighted by atomic mass is 15.1. The molecule has 0 fully saturated rings. The lowest BCUT2D eigenvalue weighted by Crippen LogP contribution is -2.27. The molecule has 1 aliphatic rings. The summed E-state index contributed by atoms with van der Waals surface area (Å²) in [5.41, 5.74) is 9.24. The van der Waals surface area contributed by atoms with Crippen molar-refractivity contribution >= 4 is 16.9 Å². The van der Waals surface area contributed by atoms with Gasteiger partial charge in [0.15, 0.2) is 5.65 Å². The van der Waals surface area contributed by atoms with Crippen LogP contribution in [0.4, 0.5) is 5.82 Å². The van der Waals surface area contributed by atoms with E-state index in [0.717, 1.165) is 30.5 Å². The van der Waals surface area contributed by atoms with Gasteiger partial charge in [-0.05, 0) is 31.5 Å². The third kappa shape index (κ3) is 1.63. The van der Waals surface area contributed by atoms with Gasteiger partial charge in [0.25, 0.3) is 0 Å². The van der Waals surface area contributed by atoms with Gasteiger partial charge in [0.05, 0.1) is 5.39 Å². The second-order valence-electron chi connectivity index (χ2n) is 4.60. The normalized spacial score (nSPS) is 16.1. The zero-order valence-corrected chi connectivity index (χ0v) is 10.1. The summed E-state index contributed by atoms with van der Waals surface area (Å²) < 4.78 is 0. The van der Waals surface area contributed by atoms with Gasteiger partial charge in [-0.2, -0.15) is 0 Å². The van der Waals surface area contributed by atoms with E-state index < -0.39 is 0 Å². The van der Waals surface area contributed by atoms with Crippen molar-refractivity contribution in [3.63, 3.8) is 0 Å². The van der Waals surface area contributed by atoms with E-state index in [0.29, 0.717) is 11.6 Å². The van der Waals surface area contributed by atoms with Crippen molar-refractivity contribution in [1.82, 2.24) is 19.9 Å². The molecule has 0 atom stereocenters. The second-order valence-corrected chi connectivity index (χ2v) is 4.60. The van der Waals surface area contributed by atoms with Gasteiger partial charge in [0.2, 0.25) is 0 Å². The van der Waals surface area contributed by atoms with Crippen LogP contribution in [0, 0.1) is 6.92 Å². The van der Waals surface area contributed by atoms with Crippen LogP contribution < -0.4 is 5.73 Å². The fourth-order valence-electron chi connectivity index (χ4n) is 2.43. The Morgan fingerprint density at radius 2 is 2.18 bits per heavy atom. The third-order valence-electron chi connectivity index (χ3n) is 3.25. The first-order valence-electron chi connectivity index (χ1n) is 5.74. The molecule has 0 aliphatic carbocycles. The molecule has 0 aromatic carbocycles. The average molecular weight is 229 g/mol. The van der Waals surface area contributed by atoms with E-state index in [9.17, 15) is 0 Å². The van der Waals surface area contributed by atoms with E-state index in [1.54, 1.807) is 0 Å². The van der Waals surface area contributed by atoms with Crippen LogP contribution in [-0.4, -0.2) is 33.4 Å². The number of likely N-dealkylation sites (N-methyl/N-ethyl adjacent to an activating group) is 1. The highest BCUT2D eigenvalue weighted by Crippen LogP contribution is 2.27. The van der Waals surface area contributed by atoms with Crippen molar-refractivity contribution in [3.05, 3.63) is 23.1 Å². The molecule has 3 rings (SSSR count). The molecule has 5 nitrogen and oxygen atoms in total. The number of hydrogen-bond donors (Lipinski definition) is 1. The minimum atomic E-state index is 0.557. The highest BCUT2D eigenvalue weighted by molar-refractivity contribution is 5.89. The molecule has 0 radical (unpaired) electrons. The zero-order valence-electron chi connectivity index (χ0n) is 10.1. The van der Waals surface area contributed by atoms with E-state index >= 15 is 0 Å². The highest BCUT2D eigenvalue weighted by Gasteiger charge is 2.18. The first-order valence-corrected chi connectivity index (χ1v) is 5.74. The fraction of sp³-hybridized carbons (Fsp3) is 0.417. The first-order chi connectivity index (χ1) is 8.15. The number of nitrogens with zero attached hydrogens (tertiary/aromatic N) is 4. The van der Waals surface area contributed by atoms with Gasteiger partial charge in [-0.15, -0.1) is 0 Å². The summed E-state index contributed by atoms with van der Waals surface area (Å²) in [7, 11) is 2.11. The first kappa shape index (κ1) is 10.4. The van der Waals surface area contributed by atoms with Gasteiger partial charge in [-0.25, -0.2) is 15.0 Å². The third-order valence-corrected chi connectivity index (χ3v) is 3.25. The molecule has 2 N–H and O–H groups in total. The molecule has 0 bridgehead atoms. The van der Waals surface area contributed by atoms with Crippen LogP contribution in [0.15, 0.2) is 6.20 Å². The zero-order chi connectivity index (χ0) is 12.0. The van der Waals surface area contributed by atoms with Crippen molar-refractivity contribution in [2.45, 2.75) is 19.9 Å². The number of nitrogen functional groups attached to an aromatic ring is 1. The van der Waals surface area contributed by atoms with Crippen molar-refractivity contribution in [2.75, 3.05) is 19.3 Å². The topological polar surface area (TPSA) is 67.9 Å². The van der Waals surface area contributed by atoms with Gasteiger partial charge in [-0.3, -0.25) is 0 Å². The van der Waals surface area contributed by atoms with Gasteiger partial charge >= 0.3 is 0 Å². The monoisotopic (exact) mass is 229 g/mol.